The molecule has 0 amide bonds. The number of nitrogens with zero attached hydrogens (tertiary/aromatic N) is 3. The molecule has 0 fully saturated rings. The third kappa shape index (κ3) is 1.16. The molecule has 2 aromatic rings. The van der Waals surface area contributed by atoms with E-state index in [2.05, 4.69) is 10.1 Å². The first kappa shape index (κ1) is 7.24. The molecule has 12 heavy (non-hydrogen) atoms. The highest BCUT2D eigenvalue weighted by Gasteiger charge is 1.98. The molecule has 0 unspecified atom stereocenters. The van der Waals surface area contributed by atoms with E-state index in [9.17, 15) is 0 Å². The van der Waals surface area contributed by atoms with Crippen LogP contribution in [0.1, 0.15) is 0 Å². The van der Waals surface area contributed by atoms with Crippen molar-refractivity contribution in [2.75, 3.05) is 6.61 Å². The molecular weight excluding hydrogens is 154 g/mol. The zero-order valence-electron chi connectivity index (χ0n) is 6.51. The summed E-state index contributed by atoms with van der Waals surface area (Å²) in [6.07, 6.45) is 3.55. The second-order valence-electron chi connectivity index (χ2n) is 2.52. The lowest BCUT2D eigenvalue weighted by atomic mass is 10.4. The van der Waals surface area contributed by atoms with Gasteiger partial charge in [-0.05, 0) is 12.1 Å². The van der Waals surface area contributed by atoms with Gasteiger partial charge in [-0.1, -0.05) is 0 Å². The Balaban J connectivity index is 2.47. The van der Waals surface area contributed by atoms with Gasteiger partial charge in [-0.25, -0.2) is 0 Å². The van der Waals surface area contributed by atoms with E-state index in [1.54, 1.807) is 10.9 Å². The summed E-state index contributed by atoms with van der Waals surface area (Å²) in [7, 11) is 0. The average molecular weight is 163 g/mol. The first-order valence-corrected chi connectivity index (χ1v) is 3.79. The maximum absolute atomic E-state index is 8.66. The Morgan fingerprint density at radius 3 is 3.08 bits per heavy atom. The Labute approximate surface area is 69.5 Å². The van der Waals surface area contributed by atoms with E-state index in [1.165, 1.54) is 0 Å². The van der Waals surface area contributed by atoms with Gasteiger partial charge in [-0.3, -0.25) is 9.67 Å². The molecule has 0 saturated heterocycles. The van der Waals surface area contributed by atoms with Crippen LogP contribution in [0.2, 0.25) is 0 Å². The maximum atomic E-state index is 8.66. The van der Waals surface area contributed by atoms with Crippen molar-refractivity contribution in [3.8, 4) is 0 Å². The normalized spacial score (nSPS) is 10.8. The van der Waals surface area contributed by atoms with Crippen molar-refractivity contribution in [3.05, 3.63) is 24.5 Å². The third-order valence-corrected chi connectivity index (χ3v) is 1.65. The van der Waals surface area contributed by atoms with Crippen molar-refractivity contribution in [1.29, 1.82) is 0 Å². The summed E-state index contributed by atoms with van der Waals surface area (Å²) >= 11 is 0. The molecule has 2 heterocycles. The molecule has 4 nitrogen and oxygen atoms in total. The summed E-state index contributed by atoms with van der Waals surface area (Å²) in [6.45, 7) is 0.629. The van der Waals surface area contributed by atoms with Gasteiger partial charge >= 0.3 is 0 Å². The number of aliphatic hydroxyl groups excluding tert-OH is 1. The molecule has 0 aliphatic heterocycles. The van der Waals surface area contributed by atoms with Crippen LogP contribution in [-0.4, -0.2) is 26.5 Å². The molecule has 0 aliphatic rings. The zero-order chi connectivity index (χ0) is 8.39. The van der Waals surface area contributed by atoms with Crippen LogP contribution < -0.4 is 0 Å². The zero-order valence-corrected chi connectivity index (χ0v) is 6.51. The van der Waals surface area contributed by atoms with E-state index in [-0.39, 0.29) is 6.61 Å². The van der Waals surface area contributed by atoms with Crippen molar-refractivity contribution in [3.63, 3.8) is 0 Å². The summed E-state index contributed by atoms with van der Waals surface area (Å²) in [5.41, 5.74) is 1.73. The molecule has 0 bridgehead atoms. The van der Waals surface area contributed by atoms with E-state index in [4.69, 9.17) is 5.11 Å². The first-order valence-electron chi connectivity index (χ1n) is 3.79. The van der Waals surface area contributed by atoms with Crippen LogP contribution in [0, 0.1) is 0 Å². The highest BCUT2D eigenvalue weighted by molar-refractivity contribution is 5.72. The van der Waals surface area contributed by atoms with E-state index < -0.39 is 0 Å². The van der Waals surface area contributed by atoms with E-state index in [1.807, 2.05) is 18.3 Å². The van der Waals surface area contributed by atoms with Crippen molar-refractivity contribution in [2.24, 2.45) is 0 Å². The smallest absolute Gasteiger partial charge is 0.111 e. The molecule has 62 valence electrons. The summed E-state index contributed by atoms with van der Waals surface area (Å²) < 4.78 is 1.69. The van der Waals surface area contributed by atoms with Gasteiger partial charge in [0.2, 0.25) is 0 Å². The summed E-state index contributed by atoms with van der Waals surface area (Å²) in [5.74, 6) is 0. The van der Waals surface area contributed by atoms with Gasteiger partial charge in [-0.2, -0.15) is 5.10 Å². The molecule has 2 rings (SSSR count). The molecule has 0 spiro atoms. The van der Waals surface area contributed by atoms with Crippen LogP contribution in [-0.2, 0) is 6.54 Å². The third-order valence-electron chi connectivity index (χ3n) is 1.65. The lowest BCUT2D eigenvalue weighted by Gasteiger charge is -1.92. The van der Waals surface area contributed by atoms with Gasteiger partial charge in [0.25, 0.3) is 0 Å². The maximum Gasteiger partial charge on any atom is 0.111 e. The second-order valence-corrected chi connectivity index (χ2v) is 2.52. The van der Waals surface area contributed by atoms with Crippen LogP contribution in [0.3, 0.4) is 0 Å². The van der Waals surface area contributed by atoms with Gasteiger partial charge in [0, 0.05) is 6.20 Å². The average Bonchev–Trinajstić information content (AvgIpc) is 2.47. The lowest BCUT2D eigenvalue weighted by Crippen LogP contribution is -2.01. The molecule has 0 aromatic carbocycles. The fraction of sp³-hybridized carbons (Fsp3) is 0.250. The van der Waals surface area contributed by atoms with E-state index >= 15 is 0 Å². The van der Waals surface area contributed by atoms with Crippen LogP contribution >= 0.6 is 0 Å². The molecule has 2 aromatic heterocycles. The predicted octanol–water partition coefficient (Wildman–Crippen LogP) is 0.424. The highest BCUT2D eigenvalue weighted by atomic mass is 16.3. The Kier molecular flexibility index (Phi) is 1.75. The van der Waals surface area contributed by atoms with Crippen molar-refractivity contribution < 1.29 is 5.11 Å². The fourth-order valence-corrected chi connectivity index (χ4v) is 1.12. The number of aliphatic hydroxyl groups is 1. The van der Waals surface area contributed by atoms with Crippen LogP contribution in [0.25, 0.3) is 11.0 Å². The Hall–Kier alpha value is -1.42. The minimum atomic E-state index is 0.105. The van der Waals surface area contributed by atoms with Gasteiger partial charge in [0.15, 0.2) is 0 Å². The van der Waals surface area contributed by atoms with Crippen LogP contribution in [0.15, 0.2) is 24.5 Å². The quantitative estimate of drug-likeness (QED) is 0.698. The van der Waals surface area contributed by atoms with Gasteiger partial charge in [0.1, 0.15) is 11.0 Å². The largest absolute Gasteiger partial charge is 0.394 e. The Morgan fingerprint density at radius 2 is 2.33 bits per heavy atom. The SMILES string of the molecule is OCCn1cc2ncccc2n1. The predicted molar refractivity (Wildman–Crippen MR) is 44.6 cm³/mol. The number of hydrogen-bond acceptors (Lipinski definition) is 3. The second kappa shape index (κ2) is 2.91. The molecule has 0 saturated carbocycles. The van der Waals surface area contributed by atoms with Gasteiger partial charge < -0.3 is 5.11 Å². The highest BCUT2D eigenvalue weighted by Crippen LogP contribution is 2.06. The first-order chi connectivity index (χ1) is 5.90. The number of aromatic nitrogens is 3. The molecule has 4 heteroatoms. The number of hydrogen-bond donors (Lipinski definition) is 1. The van der Waals surface area contributed by atoms with E-state index in [0.29, 0.717) is 6.54 Å². The van der Waals surface area contributed by atoms with Crippen molar-refractivity contribution in [1.82, 2.24) is 14.8 Å². The van der Waals surface area contributed by atoms with Crippen molar-refractivity contribution in [2.45, 2.75) is 6.54 Å². The summed E-state index contributed by atoms with van der Waals surface area (Å²) in [6, 6.07) is 3.74. The lowest BCUT2D eigenvalue weighted by molar-refractivity contribution is 0.270. The molecule has 0 radical (unpaired) electrons. The minimum absolute atomic E-state index is 0.105. The molecule has 0 atom stereocenters. The molecular formula is C8H9N3O. The van der Waals surface area contributed by atoms with Gasteiger partial charge in [0.05, 0.1) is 19.3 Å². The number of rotatable bonds is 2. The van der Waals surface area contributed by atoms with Gasteiger partial charge in [-0.15, -0.1) is 0 Å². The minimum Gasteiger partial charge on any atom is -0.394 e. The summed E-state index contributed by atoms with van der Waals surface area (Å²) in [4.78, 5) is 4.12. The fourth-order valence-electron chi connectivity index (χ4n) is 1.12. The molecule has 1 N–H and O–H groups in total. The number of fused-ring (bicyclic) bond motifs is 1. The topological polar surface area (TPSA) is 50.9 Å². The Bertz CT molecular complexity index is 349. The summed E-state index contributed by atoms with van der Waals surface area (Å²) in [5, 5.41) is 12.9. The standard InChI is InChI=1S/C8H9N3O/c12-5-4-11-6-8-7(10-11)2-1-3-9-8/h1-3,6,12H,4-5H2. The van der Waals surface area contributed by atoms with E-state index in [0.717, 1.165) is 11.0 Å². The van der Waals surface area contributed by atoms with Crippen molar-refractivity contribution >= 4 is 11.0 Å². The van der Waals surface area contributed by atoms with Crippen LogP contribution in [0.4, 0.5) is 0 Å². The molecule has 0 aliphatic carbocycles. The van der Waals surface area contributed by atoms with Crippen LogP contribution in [0.5, 0.6) is 0 Å². The monoisotopic (exact) mass is 163 g/mol. The Morgan fingerprint density at radius 1 is 1.42 bits per heavy atom. The number of pyridine rings is 1.